The van der Waals surface area contributed by atoms with Crippen molar-refractivity contribution < 1.29 is 4.74 Å². The van der Waals surface area contributed by atoms with Crippen molar-refractivity contribution >= 4 is 5.69 Å². The van der Waals surface area contributed by atoms with E-state index in [0.29, 0.717) is 6.04 Å². The molecule has 2 rings (SSSR count). The molecule has 20 heavy (non-hydrogen) atoms. The third-order valence-corrected chi connectivity index (χ3v) is 4.41. The topological polar surface area (TPSA) is 38.5 Å². The Hall–Kier alpha value is -1.06. The highest BCUT2D eigenvalue weighted by Crippen LogP contribution is 2.35. The summed E-state index contributed by atoms with van der Waals surface area (Å²) < 4.78 is 5.24. The van der Waals surface area contributed by atoms with Gasteiger partial charge in [-0.25, -0.2) is 0 Å². The molecule has 1 aliphatic carbocycles. The summed E-state index contributed by atoms with van der Waals surface area (Å²) in [7, 11) is 1.78. The molecule has 0 bridgehead atoms. The van der Waals surface area contributed by atoms with Crippen molar-refractivity contribution in [2.75, 3.05) is 32.5 Å². The normalized spacial score (nSPS) is 16.6. The minimum Gasteiger partial charge on any atom is -0.399 e. The van der Waals surface area contributed by atoms with E-state index in [-0.39, 0.29) is 0 Å². The Kier molecular flexibility index (Phi) is 5.86. The van der Waals surface area contributed by atoms with E-state index in [1.807, 2.05) is 12.1 Å². The number of aryl methyl sites for hydroxylation is 1. The summed E-state index contributed by atoms with van der Waals surface area (Å²) in [5.41, 5.74) is 8.20. The predicted octanol–water partition coefficient (Wildman–Crippen LogP) is 2.95. The summed E-state index contributed by atoms with van der Waals surface area (Å²) in [5.74, 6) is 0.911. The van der Waals surface area contributed by atoms with Gasteiger partial charge in [-0.15, -0.1) is 0 Å². The summed E-state index contributed by atoms with van der Waals surface area (Å²) in [6, 6.07) is 8.89. The van der Waals surface area contributed by atoms with Crippen LogP contribution < -0.4 is 5.73 Å². The second kappa shape index (κ2) is 7.65. The fourth-order valence-corrected chi connectivity index (χ4v) is 2.84. The molecule has 2 N–H and O–H groups in total. The van der Waals surface area contributed by atoms with E-state index in [1.165, 1.54) is 18.4 Å². The van der Waals surface area contributed by atoms with Crippen LogP contribution in [0, 0.1) is 5.92 Å². The fourth-order valence-electron chi connectivity index (χ4n) is 2.84. The van der Waals surface area contributed by atoms with E-state index >= 15 is 0 Å². The Morgan fingerprint density at radius 1 is 1.30 bits per heavy atom. The van der Waals surface area contributed by atoms with Crippen LogP contribution in [-0.4, -0.2) is 37.7 Å². The van der Waals surface area contributed by atoms with E-state index < -0.39 is 0 Å². The van der Waals surface area contributed by atoms with Crippen LogP contribution in [0.1, 0.15) is 31.7 Å². The van der Waals surface area contributed by atoms with Gasteiger partial charge in [0.05, 0.1) is 6.61 Å². The van der Waals surface area contributed by atoms with Gasteiger partial charge >= 0.3 is 0 Å². The van der Waals surface area contributed by atoms with Gasteiger partial charge in [-0.1, -0.05) is 18.2 Å². The molecule has 0 saturated heterocycles. The van der Waals surface area contributed by atoms with Gasteiger partial charge in [0, 0.05) is 25.4 Å². The lowest BCUT2D eigenvalue weighted by molar-refractivity contribution is 0.116. The first-order valence-electron chi connectivity index (χ1n) is 7.78. The molecule has 0 radical (unpaired) electrons. The van der Waals surface area contributed by atoms with Crippen LogP contribution in [0.2, 0.25) is 0 Å². The fraction of sp³-hybridized carbons (Fsp3) is 0.647. The van der Waals surface area contributed by atoms with Crippen molar-refractivity contribution in [2.24, 2.45) is 5.92 Å². The van der Waals surface area contributed by atoms with Crippen LogP contribution in [-0.2, 0) is 11.2 Å². The molecule has 1 atom stereocenters. The summed E-state index contributed by atoms with van der Waals surface area (Å²) in [5, 5.41) is 0. The number of methoxy groups -OCH3 is 1. The number of hydrogen-bond acceptors (Lipinski definition) is 3. The van der Waals surface area contributed by atoms with Crippen molar-refractivity contribution in [2.45, 2.75) is 38.6 Å². The number of hydrogen-bond donors (Lipinski definition) is 1. The number of benzene rings is 1. The second-order valence-electron chi connectivity index (χ2n) is 5.91. The van der Waals surface area contributed by atoms with Crippen molar-refractivity contribution in [1.82, 2.24) is 4.90 Å². The minimum atomic E-state index is 0.693. The number of ether oxygens (including phenoxy) is 1. The molecule has 3 heteroatoms. The molecule has 1 fully saturated rings. The molecule has 3 nitrogen and oxygen atoms in total. The molecule has 1 saturated carbocycles. The van der Waals surface area contributed by atoms with Crippen molar-refractivity contribution in [3.05, 3.63) is 29.8 Å². The molecule has 1 aromatic carbocycles. The van der Waals surface area contributed by atoms with Crippen LogP contribution in [0.15, 0.2) is 24.3 Å². The highest BCUT2D eigenvalue weighted by Gasteiger charge is 2.31. The first-order valence-corrected chi connectivity index (χ1v) is 7.78. The zero-order valence-corrected chi connectivity index (χ0v) is 12.8. The van der Waals surface area contributed by atoms with E-state index in [4.69, 9.17) is 10.5 Å². The van der Waals surface area contributed by atoms with Crippen LogP contribution in [0.3, 0.4) is 0 Å². The standard InChI is InChI=1S/C17H28N2O/c1-14(15-9-10-15)19(12-13-20-2)11-5-7-16-6-3-4-8-17(16)18/h3-4,6,8,14-15H,5,7,9-13,18H2,1-2H3. The molecule has 0 aromatic heterocycles. The van der Waals surface area contributed by atoms with Crippen molar-refractivity contribution in [3.63, 3.8) is 0 Å². The Labute approximate surface area is 123 Å². The molecule has 0 amide bonds. The van der Waals surface area contributed by atoms with Crippen LogP contribution in [0.5, 0.6) is 0 Å². The SMILES string of the molecule is COCCN(CCCc1ccccc1N)C(C)C1CC1. The number of para-hydroxylation sites is 1. The number of nitrogens with two attached hydrogens (primary N) is 1. The maximum Gasteiger partial charge on any atom is 0.0589 e. The van der Waals surface area contributed by atoms with Gasteiger partial charge in [-0.3, -0.25) is 4.90 Å². The maximum absolute atomic E-state index is 6.00. The number of anilines is 1. The van der Waals surface area contributed by atoms with Gasteiger partial charge in [0.25, 0.3) is 0 Å². The molecule has 0 aliphatic heterocycles. The highest BCUT2D eigenvalue weighted by molar-refractivity contribution is 5.46. The van der Waals surface area contributed by atoms with Crippen molar-refractivity contribution in [1.29, 1.82) is 0 Å². The lowest BCUT2D eigenvalue weighted by atomic mass is 10.1. The van der Waals surface area contributed by atoms with Crippen LogP contribution in [0.25, 0.3) is 0 Å². The molecule has 1 aliphatic rings. The highest BCUT2D eigenvalue weighted by atomic mass is 16.5. The average Bonchev–Trinajstić information content (AvgIpc) is 3.28. The van der Waals surface area contributed by atoms with Gasteiger partial charge in [0.15, 0.2) is 0 Å². The van der Waals surface area contributed by atoms with E-state index in [1.54, 1.807) is 7.11 Å². The summed E-state index contributed by atoms with van der Waals surface area (Å²) in [6.45, 7) is 5.36. The Morgan fingerprint density at radius 2 is 2.05 bits per heavy atom. The average molecular weight is 276 g/mol. The quantitative estimate of drug-likeness (QED) is 0.705. The van der Waals surface area contributed by atoms with Crippen LogP contribution >= 0.6 is 0 Å². The molecule has 1 aromatic rings. The molecular formula is C17H28N2O. The summed E-state index contributed by atoms with van der Waals surface area (Å²) in [4.78, 5) is 2.58. The first kappa shape index (κ1) is 15.3. The van der Waals surface area contributed by atoms with Gasteiger partial charge in [0.2, 0.25) is 0 Å². The third-order valence-electron chi connectivity index (χ3n) is 4.41. The van der Waals surface area contributed by atoms with Gasteiger partial charge in [0.1, 0.15) is 0 Å². The van der Waals surface area contributed by atoms with Gasteiger partial charge < -0.3 is 10.5 Å². The molecule has 0 heterocycles. The third kappa shape index (κ3) is 4.50. The Bertz CT molecular complexity index is 404. The van der Waals surface area contributed by atoms with Crippen molar-refractivity contribution in [3.8, 4) is 0 Å². The second-order valence-corrected chi connectivity index (χ2v) is 5.91. The largest absolute Gasteiger partial charge is 0.399 e. The molecule has 0 spiro atoms. The molecule has 1 unspecified atom stereocenters. The minimum absolute atomic E-state index is 0.693. The first-order chi connectivity index (χ1) is 9.72. The summed E-state index contributed by atoms with van der Waals surface area (Å²) in [6.07, 6.45) is 5.02. The van der Waals surface area contributed by atoms with E-state index in [2.05, 4.69) is 24.0 Å². The van der Waals surface area contributed by atoms with Gasteiger partial charge in [-0.05, 0) is 56.7 Å². The number of nitrogens with zero attached hydrogens (tertiary/aromatic N) is 1. The summed E-state index contributed by atoms with van der Waals surface area (Å²) >= 11 is 0. The van der Waals surface area contributed by atoms with E-state index in [0.717, 1.165) is 44.1 Å². The van der Waals surface area contributed by atoms with Crippen LogP contribution in [0.4, 0.5) is 5.69 Å². The monoisotopic (exact) mass is 276 g/mol. The predicted molar refractivity (Wildman–Crippen MR) is 84.8 cm³/mol. The lowest BCUT2D eigenvalue weighted by Gasteiger charge is -2.29. The van der Waals surface area contributed by atoms with E-state index in [9.17, 15) is 0 Å². The number of nitrogen functional groups attached to an aromatic ring is 1. The molecule has 112 valence electrons. The lowest BCUT2D eigenvalue weighted by Crippen LogP contribution is -2.38. The zero-order chi connectivity index (χ0) is 14.4. The Morgan fingerprint density at radius 3 is 2.70 bits per heavy atom. The Balaban J connectivity index is 1.80. The zero-order valence-electron chi connectivity index (χ0n) is 12.8. The molecular weight excluding hydrogens is 248 g/mol. The van der Waals surface area contributed by atoms with Gasteiger partial charge in [-0.2, -0.15) is 0 Å². The number of rotatable bonds is 9. The smallest absolute Gasteiger partial charge is 0.0589 e. The maximum atomic E-state index is 6.00.